The maximum atomic E-state index is 14.1. The minimum absolute atomic E-state index is 0.169. The molecule has 1 aliphatic heterocycles. The lowest BCUT2D eigenvalue weighted by Crippen LogP contribution is -2.40. The molecule has 0 N–H and O–H groups in total. The van der Waals surface area contributed by atoms with Gasteiger partial charge in [0.15, 0.2) is 16.3 Å². The van der Waals surface area contributed by atoms with Crippen LogP contribution in [0.4, 0.5) is 0 Å². The van der Waals surface area contributed by atoms with Crippen LogP contribution in [0, 0.1) is 6.92 Å². The lowest BCUT2D eigenvalue weighted by atomic mass is 9.95. The SMILES string of the molecule is CCOC(=O)C1=C(C)N=c2s/c(=C\c3cc(Cl)ccc3OCCOCCOc3ccc(C)cc3)c(=O)n2[C@H]1c1ccc(OC)c(OC)c1. The van der Waals surface area contributed by atoms with Gasteiger partial charge < -0.3 is 28.4 Å². The van der Waals surface area contributed by atoms with Crippen LogP contribution < -0.4 is 33.8 Å². The van der Waals surface area contributed by atoms with E-state index >= 15 is 0 Å². The number of thiazole rings is 1. The van der Waals surface area contributed by atoms with E-state index in [0.29, 0.717) is 68.2 Å². The molecule has 0 saturated carbocycles. The maximum absolute atomic E-state index is 14.1. The molecule has 0 fully saturated rings. The second-order valence-corrected chi connectivity index (χ2v) is 12.2. The lowest BCUT2D eigenvalue weighted by Gasteiger charge is -2.25. The van der Waals surface area contributed by atoms with Crippen molar-refractivity contribution in [2.24, 2.45) is 4.99 Å². The standard InChI is InChI=1S/C36H37ClN2O8S/c1-6-45-35(41)32-23(3)38-36-39(33(32)24-9-13-29(42-4)30(20-24)43-5)34(40)31(48-36)21-25-19-26(37)10-14-28(25)47-18-16-44-15-17-46-27-11-7-22(2)8-12-27/h7-14,19-21,33H,6,15-18H2,1-5H3/b31-21-/t33-/m0/s1. The van der Waals surface area contributed by atoms with E-state index in [-0.39, 0.29) is 24.3 Å². The molecule has 0 aliphatic carbocycles. The van der Waals surface area contributed by atoms with Crippen molar-refractivity contribution in [3.8, 4) is 23.0 Å². The van der Waals surface area contributed by atoms with Gasteiger partial charge in [0.25, 0.3) is 5.56 Å². The Balaban J connectivity index is 1.40. The Bertz CT molecular complexity index is 1980. The van der Waals surface area contributed by atoms with Crippen LogP contribution in [0.15, 0.2) is 81.7 Å². The minimum atomic E-state index is -0.815. The molecular formula is C36H37ClN2O8S. The van der Waals surface area contributed by atoms with Crippen molar-refractivity contribution in [3.05, 3.63) is 113 Å². The van der Waals surface area contributed by atoms with E-state index in [1.807, 2.05) is 31.2 Å². The van der Waals surface area contributed by atoms with Crippen molar-refractivity contribution in [1.82, 2.24) is 4.57 Å². The van der Waals surface area contributed by atoms with Gasteiger partial charge in [0.2, 0.25) is 0 Å². The molecule has 1 atom stereocenters. The number of methoxy groups -OCH3 is 2. The van der Waals surface area contributed by atoms with Gasteiger partial charge in [-0.1, -0.05) is 46.7 Å². The summed E-state index contributed by atoms with van der Waals surface area (Å²) in [5.41, 5.74) is 2.79. The zero-order chi connectivity index (χ0) is 34.2. The molecule has 252 valence electrons. The summed E-state index contributed by atoms with van der Waals surface area (Å²) in [4.78, 5) is 32.5. The highest BCUT2D eigenvalue weighted by molar-refractivity contribution is 7.07. The molecule has 0 bridgehead atoms. The van der Waals surface area contributed by atoms with Crippen LogP contribution >= 0.6 is 22.9 Å². The number of nitrogens with zero attached hydrogens (tertiary/aromatic N) is 2. The van der Waals surface area contributed by atoms with Crippen molar-refractivity contribution in [1.29, 1.82) is 0 Å². The predicted molar refractivity (Wildman–Crippen MR) is 184 cm³/mol. The molecule has 1 aromatic heterocycles. The molecule has 48 heavy (non-hydrogen) atoms. The van der Waals surface area contributed by atoms with Gasteiger partial charge in [0.1, 0.15) is 24.7 Å². The first-order valence-electron chi connectivity index (χ1n) is 15.3. The summed E-state index contributed by atoms with van der Waals surface area (Å²) in [5, 5.41) is 0.481. The Hall–Kier alpha value is -4.58. The van der Waals surface area contributed by atoms with Crippen LogP contribution in [0.1, 0.15) is 36.6 Å². The smallest absolute Gasteiger partial charge is 0.338 e. The summed E-state index contributed by atoms with van der Waals surface area (Å²) in [7, 11) is 3.07. The molecule has 0 amide bonds. The Morgan fingerprint density at radius 2 is 1.62 bits per heavy atom. The lowest BCUT2D eigenvalue weighted by molar-refractivity contribution is -0.139. The third-order valence-electron chi connectivity index (χ3n) is 7.50. The first-order valence-corrected chi connectivity index (χ1v) is 16.5. The summed E-state index contributed by atoms with van der Waals surface area (Å²) >= 11 is 7.57. The number of hydrogen-bond donors (Lipinski definition) is 0. The summed E-state index contributed by atoms with van der Waals surface area (Å²) in [6.07, 6.45) is 1.72. The van der Waals surface area contributed by atoms with Crippen molar-refractivity contribution >= 4 is 35.0 Å². The van der Waals surface area contributed by atoms with Gasteiger partial charge in [-0.05, 0) is 74.9 Å². The Labute approximate surface area is 287 Å². The number of esters is 1. The fraction of sp³-hybridized carbons (Fsp3) is 0.306. The number of rotatable bonds is 14. The van der Waals surface area contributed by atoms with Gasteiger partial charge in [-0.2, -0.15) is 0 Å². The van der Waals surface area contributed by atoms with E-state index in [0.717, 1.165) is 5.75 Å². The number of carbonyl (C=O) groups excluding carboxylic acids is 1. The monoisotopic (exact) mass is 692 g/mol. The van der Waals surface area contributed by atoms with E-state index in [1.165, 1.54) is 35.7 Å². The van der Waals surface area contributed by atoms with Crippen LogP contribution in [0.5, 0.6) is 23.0 Å². The quantitative estimate of drug-likeness (QED) is 0.130. The second-order valence-electron chi connectivity index (χ2n) is 10.7. The van der Waals surface area contributed by atoms with Gasteiger partial charge in [0, 0.05) is 10.6 Å². The van der Waals surface area contributed by atoms with Crippen molar-refractivity contribution in [2.45, 2.75) is 26.8 Å². The summed E-state index contributed by atoms with van der Waals surface area (Å²) < 4.78 is 35.7. The highest BCUT2D eigenvalue weighted by atomic mass is 35.5. The Morgan fingerprint density at radius 3 is 2.33 bits per heavy atom. The molecule has 5 rings (SSSR count). The predicted octanol–water partition coefficient (Wildman–Crippen LogP) is 5.25. The summed E-state index contributed by atoms with van der Waals surface area (Å²) in [6, 6.07) is 17.5. The van der Waals surface area contributed by atoms with Crippen LogP contribution in [0.2, 0.25) is 5.02 Å². The zero-order valence-electron chi connectivity index (χ0n) is 27.4. The van der Waals surface area contributed by atoms with Crippen LogP contribution in [0.25, 0.3) is 6.08 Å². The number of benzene rings is 3. The highest BCUT2D eigenvalue weighted by Gasteiger charge is 2.34. The van der Waals surface area contributed by atoms with Gasteiger partial charge in [0.05, 0.1) is 55.9 Å². The molecule has 0 saturated heterocycles. The van der Waals surface area contributed by atoms with Gasteiger partial charge in [-0.15, -0.1) is 0 Å². The minimum Gasteiger partial charge on any atom is -0.493 e. The van der Waals surface area contributed by atoms with E-state index in [2.05, 4.69) is 4.99 Å². The molecule has 1 aliphatic rings. The fourth-order valence-electron chi connectivity index (χ4n) is 5.20. The first-order chi connectivity index (χ1) is 23.2. The fourth-order valence-corrected chi connectivity index (χ4v) is 6.42. The van der Waals surface area contributed by atoms with Crippen LogP contribution in [-0.2, 0) is 14.3 Å². The van der Waals surface area contributed by atoms with Crippen LogP contribution in [0.3, 0.4) is 0 Å². The normalized spacial score (nSPS) is 14.3. The topological polar surface area (TPSA) is 107 Å². The Kier molecular flexibility index (Phi) is 11.6. The van der Waals surface area contributed by atoms with Crippen molar-refractivity contribution < 1.29 is 33.2 Å². The number of aromatic nitrogens is 1. The number of allylic oxidation sites excluding steroid dienone is 1. The molecule has 12 heteroatoms. The second kappa shape index (κ2) is 16.0. The highest BCUT2D eigenvalue weighted by Crippen LogP contribution is 2.36. The number of carbonyl (C=O) groups is 1. The summed E-state index contributed by atoms with van der Waals surface area (Å²) in [5.74, 6) is 1.74. The maximum Gasteiger partial charge on any atom is 0.338 e. The molecular weight excluding hydrogens is 656 g/mol. The third kappa shape index (κ3) is 7.92. The van der Waals surface area contributed by atoms with Gasteiger partial charge in [-0.25, -0.2) is 9.79 Å². The zero-order valence-corrected chi connectivity index (χ0v) is 29.0. The molecule has 10 nitrogen and oxygen atoms in total. The number of ether oxygens (including phenoxy) is 6. The number of fused-ring (bicyclic) bond motifs is 1. The average Bonchev–Trinajstić information content (AvgIpc) is 3.38. The van der Waals surface area contributed by atoms with E-state index in [1.54, 1.807) is 56.3 Å². The van der Waals surface area contributed by atoms with Crippen molar-refractivity contribution in [2.75, 3.05) is 47.3 Å². The summed E-state index contributed by atoms with van der Waals surface area (Å²) in [6.45, 7) is 7.08. The van der Waals surface area contributed by atoms with Crippen LogP contribution in [-0.4, -0.2) is 57.8 Å². The molecule has 0 unspecified atom stereocenters. The van der Waals surface area contributed by atoms with Crippen molar-refractivity contribution in [3.63, 3.8) is 0 Å². The number of hydrogen-bond acceptors (Lipinski definition) is 10. The van der Waals surface area contributed by atoms with E-state index in [4.69, 9.17) is 40.0 Å². The van der Waals surface area contributed by atoms with Gasteiger partial charge in [-0.3, -0.25) is 9.36 Å². The number of halogens is 1. The molecule has 2 heterocycles. The molecule has 0 radical (unpaired) electrons. The molecule has 3 aromatic carbocycles. The van der Waals surface area contributed by atoms with Gasteiger partial charge >= 0.3 is 5.97 Å². The Morgan fingerprint density at radius 1 is 0.917 bits per heavy atom. The third-order valence-corrected chi connectivity index (χ3v) is 8.72. The molecule has 0 spiro atoms. The first kappa shape index (κ1) is 34.7. The largest absolute Gasteiger partial charge is 0.493 e. The molecule has 4 aromatic rings. The number of aryl methyl sites for hydroxylation is 1. The van der Waals surface area contributed by atoms with E-state index < -0.39 is 12.0 Å². The average molecular weight is 693 g/mol. The van der Waals surface area contributed by atoms with E-state index in [9.17, 15) is 9.59 Å².